The number of nitrogens with zero attached hydrogens (tertiary/aromatic N) is 1. The first-order valence-corrected chi connectivity index (χ1v) is 2.21. The van der Waals surface area contributed by atoms with Crippen LogP contribution in [0.5, 0.6) is 0 Å². The number of rotatable bonds is 2. The molecule has 0 heterocycles. The number of hydrogen-bond acceptors (Lipinski definition) is 1. The Morgan fingerprint density at radius 2 is 1.75 bits per heavy atom. The third kappa shape index (κ3) is 15.7. The minimum absolute atomic E-state index is 0. The average molecular weight is 231 g/mol. The predicted octanol–water partition coefficient (Wildman–Crippen LogP) is -2.23. The molecule has 0 amide bonds. The van der Waals surface area contributed by atoms with Gasteiger partial charge in [0, 0.05) is 19.5 Å². The van der Waals surface area contributed by atoms with Gasteiger partial charge in [-0.15, -0.1) is 0 Å². The van der Waals surface area contributed by atoms with Gasteiger partial charge in [0.05, 0.1) is 0 Å². The number of halogens is 1. The molecule has 0 aromatic rings. The van der Waals surface area contributed by atoms with Crippen LogP contribution in [0.25, 0.3) is 0 Å². The van der Waals surface area contributed by atoms with E-state index < -0.39 is 0 Å². The van der Waals surface area contributed by atoms with Crippen molar-refractivity contribution in [3.05, 3.63) is 6.92 Å². The Kier molecular flexibility index (Phi) is 21.9. The van der Waals surface area contributed by atoms with Gasteiger partial charge < -0.3 is 21.9 Å². The molecule has 0 atom stereocenters. The maximum Gasteiger partial charge on any atom is 0 e. The second kappa shape index (κ2) is 10.9. The van der Waals surface area contributed by atoms with Gasteiger partial charge in [-0.3, -0.25) is 0 Å². The third-order valence-corrected chi connectivity index (χ3v) is 0.605. The Bertz CT molecular complexity index is 33.6. The van der Waals surface area contributed by atoms with E-state index in [0.29, 0.717) is 0 Å². The minimum atomic E-state index is 0. The van der Waals surface area contributed by atoms with Gasteiger partial charge in [-0.2, -0.15) is 0 Å². The van der Waals surface area contributed by atoms with Gasteiger partial charge in [-0.05, 0) is 27.1 Å². The van der Waals surface area contributed by atoms with Crippen LogP contribution in [-0.2, 0) is 19.5 Å². The molecule has 1 radical (unpaired) electrons. The molecule has 0 spiro atoms. The molecule has 8 heavy (non-hydrogen) atoms. The van der Waals surface area contributed by atoms with Crippen LogP contribution < -0.4 is 17.0 Å². The topological polar surface area (TPSA) is 3.24 Å². The smallest absolute Gasteiger partial charge is 0 e. The Morgan fingerprint density at radius 1 is 1.38 bits per heavy atom. The molecule has 0 saturated carbocycles. The van der Waals surface area contributed by atoms with E-state index in [1.807, 2.05) is 14.1 Å². The summed E-state index contributed by atoms with van der Waals surface area (Å²) in [5, 5.41) is 0. The van der Waals surface area contributed by atoms with E-state index in [0.717, 1.165) is 13.0 Å². The summed E-state index contributed by atoms with van der Waals surface area (Å²) in [5.41, 5.74) is 0. The van der Waals surface area contributed by atoms with Crippen molar-refractivity contribution in [2.24, 2.45) is 0 Å². The van der Waals surface area contributed by atoms with Crippen LogP contribution in [-0.4, -0.2) is 25.5 Å². The maximum absolute atomic E-state index is 3.68. The molecule has 0 unspecified atom stereocenters. The van der Waals surface area contributed by atoms with Crippen LogP contribution >= 0.6 is 0 Å². The van der Waals surface area contributed by atoms with Gasteiger partial charge in [0.2, 0.25) is 0 Å². The van der Waals surface area contributed by atoms with Crippen LogP contribution in [0, 0.1) is 6.92 Å². The van der Waals surface area contributed by atoms with Crippen molar-refractivity contribution < 1.29 is 36.5 Å². The molecule has 0 aliphatic carbocycles. The molecule has 3 heteroatoms. The standard InChI is InChI=1S/C5H12N.BrH.Zn/c1-4-5-6(2)3;;/h1,4-5H2,2-3H3;1H;/p-1. The summed E-state index contributed by atoms with van der Waals surface area (Å²) in [6, 6.07) is 0. The minimum Gasteiger partial charge on any atom is -1.00 e. The predicted molar refractivity (Wildman–Crippen MR) is 28.5 cm³/mol. The van der Waals surface area contributed by atoms with Crippen molar-refractivity contribution in [1.29, 1.82) is 0 Å². The van der Waals surface area contributed by atoms with Crippen molar-refractivity contribution >= 4 is 0 Å². The third-order valence-electron chi connectivity index (χ3n) is 0.605. The van der Waals surface area contributed by atoms with Gasteiger partial charge in [-0.25, -0.2) is 0 Å². The first kappa shape index (κ1) is 16.0. The molecule has 0 saturated heterocycles. The Hall–Kier alpha value is 1.06. The van der Waals surface area contributed by atoms with E-state index in [4.69, 9.17) is 0 Å². The first-order chi connectivity index (χ1) is 2.77. The first-order valence-electron chi connectivity index (χ1n) is 2.21. The second-order valence-electron chi connectivity index (χ2n) is 1.66. The van der Waals surface area contributed by atoms with Gasteiger partial charge in [0.1, 0.15) is 0 Å². The zero-order valence-electron chi connectivity index (χ0n) is 5.65. The molecule has 47 valence electrons. The fraction of sp³-hybridized carbons (Fsp3) is 0.800. The molecule has 0 bridgehead atoms. The van der Waals surface area contributed by atoms with Crippen LogP contribution in [0.2, 0.25) is 0 Å². The van der Waals surface area contributed by atoms with Crippen LogP contribution in [0.3, 0.4) is 0 Å². The van der Waals surface area contributed by atoms with Gasteiger partial charge >= 0.3 is 0 Å². The van der Waals surface area contributed by atoms with Crippen molar-refractivity contribution in [3.8, 4) is 0 Å². The summed E-state index contributed by atoms with van der Waals surface area (Å²) < 4.78 is 0. The van der Waals surface area contributed by atoms with E-state index in [9.17, 15) is 0 Å². The SMILES string of the molecule is [Br-].[CH2]CCN(C)C.[Zn]. The van der Waals surface area contributed by atoms with Crippen LogP contribution in [0.4, 0.5) is 0 Å². The Balaban J connectivity index is -0.000000125. The van der Waals surface area contributed by atoms with E-state index >= 15 is 0 Å². The van der Waals surface area contributed by atoms with Gasteiger partial charge in [-0.1, -0.05) is 6.92 Å². The molecule has 0 aliphatic rings. The van der Waals surface area contributed by atoms with Gasteiger partial charge in [0.25, 0.3) is 0 Å². The molecule has 0 rings (SSSR count). The summed E-state index contributed by atoms with van der Waals surface area (Å²) in [7, 11) is 4.09. The van der Waals surface area contributed by atoms with Crippen LogP contribution in [0.1, 0.15) is 6.42 Å². The molecular weight excluding hydrogens is 219 g/mol. The number of hydrogen-bond donors (Lipinski definition) is 0. The molecule has 0 N–H and O–H groups in total. The van der Waals surface area contributed by atoms with Crippen molar-refractivity contribution in [2.45, 2.75) is 6.42 Å². The Morgan fingerprint density at radius 3 is 1.75 bits per heavy atom. The van der Waals surface area contributed by atoms with Crippen molar-refractivity contribution in [3.63, 3.8) is 0 Å². The fourth-order valence-electron chi connectivity index (χ4n) is 0.316. The molecule has 0 aromatic heterocycles. The molecule has 0 aromatic carbocycles. The van der Waals surface area contributed by atoms with E-state index in [1.54, 1.807) is 0 Å². The van der Waals surface area contributed by atoms with Gasteiger partial charge in [0.15, 0.2) is 0 Å². The summed E-state index contributed by atoms with van der Waals surface area (Å²) in [6.07, 6.45) is 1.01. The molecule has 0 fully saturated rings. The monoisotopic (exact) mass is 229 g/mol. The fourth-order valence-corrected chi connectivity index (χ4v) is 0.316. The molecule has 0 aliphatic heterocycles. The molecular formula is C5H12BrNZn-. The largest absolute Gasteiger partial charge is 1.00 e. The Labute approximate surface area is 75.4 Å². The zero-order valence-corrected chi connectivity index (χ0v) is 10.2. The summed E-state index contributed by atoms with van der Waals surface area (Å²) in [5.74, 6) is 0. The quantitative estimate of drug-likeness (QED) is 0.487. The van der Waals surface area contributed by atoms with Crippen molar-refractivity contribution in [1.82, 2.24) is 4.90 Å². The normalized spacial score (nSPS) is 7.50. The zero-order chi connectivity index (χ0) is 4.99. The summed E-state index contributed by atoms with van der Waals surface area (Å²) in [4.78, 5) is 2.12. The van der Waals surface area contributed by atoms with Crippen molar-refractivity contribution in [2.75, 3.05) is 20.6 Å². The van der Waals surface area contributed by atoms with E-state index in [-0.39, 0.29) is 36.5 Å². The average Bonchev–Trinajstić information content (AvgIpc) is 1.35. The molecule has 1 nitrogen and oxygen atoms in total. The second-order valence-corrected chi connectivity index (χ2v) is 1.66. The van der Waals surface area contributed by atoms with E-state index in [2.05, 4.69) is 11.8 Å². The summed E-state index contributed by atoms with van der Waals surface area (Å²) >= 11 is 0. The summed E-state index contributed by atoms with van der Waals surface area (Å²) in [6.45, 7) is 4.78. The maximum atomic E-state index is 3.68. The van der Waals surface area contributed by atoms with E-state index in [1.165, 1.54) is 0 Å². The van der Waals surface area contributed by atoms with Crippen LogP contribution in [0.15, 0.2) is 0 Å².